The number of rotatable bonds is 2. The molecule has 0 radical (unpaired) electrons. The van der Waals surface area contributed by atoms with E-state index in [1.807, 2.05) is 0 Å². The summed E-state index contributed by atoms with van der Waals surface area (Å²) in [6, 6.07) is -0.618. The van der Waals surface area contributed by atoms with Crippen LogP contribution in [0.4, 0.5) is 4.79 Å². The lowest BCUT2D eigenvalue weighted by Gasteiger charge is -2.39. The van der Waals surface area contributed by atoms with Crippen LogP contribution in [0.2, 0.25) is 0 Å². The molecule has 0 aromatic rings. The topological polar surface area (TPSA) is 94.2 Å². The molecule has 4 atom stereocenters. The molecule has 1 unspecified atom stereocenters. The van der Waals surface area contributed by atoms with Crippen molar-refractivity contribution in [2.24, 2.45) is 5.92 Å². The zero-order valence-electron chi connectivity index (χ0n) is 15.3. The van der Waals surface area contributed by atoms with E-state index in [1.165, 1.54) is 4.90 Å². The molecule has 140 valence electrons. The van der Waals surface area contributed by atoms with Crippen LogP contribution in [0.25, 0.3) is 0 Å². The van der Waals surface area contributed by atoms with Gasteiger partial charge in [-0.3, -0.25) is 14.5 Å². The second-order valence-corrected chi connectivity index (χ2v) is 8.43. The Balaban J connectivity index is 1.67. The molecule has 3 fully saturated rings. The van der Waals surface area contributed by atoms with Crippen molar-refractivity contribution in [2.45, 2.75) is 77.0 Å². The molecule has 0 aliphatic carbocycles. The van der Waals surface area contributed by atoms with Crippen molar-refractivity contribution in [3.8, 4) is 0 Å². The van der Waals surface area contributed by atoms with Gasteiger partial charge in [-0.2, -0.15) is 0 Å². The van der Waals surface area contributed by atoms with Gasteiger partial charge in [-0.1, -0.05) is 0 Å². The molecule has 0 bridgehead atoms. The van der Waals surface area contributed by atoms with Gasteiger partial charge in [0.05, 0.1) is 18.6 Å². The monoisotopic (exact) mass is 354 g/mol. The third-order valence-corrected chi connectivity index (χ3v) is 4.59. The van der Waals surface area contributed by atoms with E-state index in [1.54, 1.807) is 34.6 Å². The molecule has 0 aromatic heterocycles. The zero-order chi connectivity index (χ0) is 18.6. The summed E-state index contributed by atoms with van der Waals surface area (Å²) < 4.78 is 16.4. The molecule has 1 N–H and O–H groups in total. The zero-order valence-corrected chi connectivity index (χ0v) is 15.3. The quantitative estimate of drug-likeness (QED) is 0.591. The lowest BCUT2D eigenvalue weighted by molar-refractivity contribution is -0.259. The molecule has 2 amide bonds. The Bertz CT molecular complexity index is 596. The van der Waals surface area contributed by atoms with Gasteiger partial charge in [0.15, 0.2) is 0 Å². The number of ether oxygens (including phenoxy) is 3. The first kappa shape index (κ1) is 18.0. The van der Waals surface area contributed by atoms with Crippen LogP contribution in [0, 0.1) is 5.92 Å². The largest absolute Gasteiger partial charge is 0.444 e. The highest BCUT2D eigenvalue weighted by Crippen LogP contribution is 2.36. The first-order valence-electron chi connectivity index (χ1n) is 8.65. The van der Waals surface area contributed by atoms with Gasteiger partial charge >= 0.3 is 12.1 Å². The number of fused-ring (bicyclic) bond motifs is 1. The Morgan fingerprint density at radius 2 is 2.04 bits per heavy atom. The van der Waals surface area contributed by atoms with E-state index < -0.39 is 23.5 Å². The molecule has 25 heavy (non-hydrogen) atoms. The first-order valence-corrected chi connectivity index (χ1v) is 8.65. The van der Waals surface area contributed by atoms with Crippen LogP contribution < -0.4 is 5.32 Å². The van der Waals surface area contributed by atoms with Crippen LogP contribution in [0.5, 0.6) is 0 Å². The number of nitrogens with one attached hydrogen (secondary N) is 1. The number of amides is 2. The summed E-state index contributed by atoms with van der Waals surface area (Å²) >= 11 is 0. The third-order valence-electron chi connectivity index (χ3n) is 4.59. The number of esters is 1. The van der Waals surface area contributed by atoms with Crippen LogP contribution in [0.3, 0.4) is 0 Å². The lowest BCUT2D eigenvalue weighted by atomic mass is 9.87. The molecule has 3 heterocycles. The Labute approximate surface area is 147 Å². The number of hydrogen-bond donors (Lipinski definition) is 1. The summed E-state index contributed by atoms with van der Waals surface area (Å²) in [6.45, 7) is 9.18. The van der Waals surface area contributed by atoms with Crippen molar-refractivity contribution in [1.82, 2.24) is 10.2 Å². The maximum atomic E-state index is 12.4. The van der Waals surface area contributed by atoms with E-state index in [-0.39, 0.29) is 36.4 Å². The summed E-state index contributed by atoms with van der Waals surface area (Å²) in [4.78, 5) is 37.6. The van der Waals surface area contributed by atoms with E-state index in [0.29, 0.717) is 13.0 Å². The van der Waals surface area contributed by atoms with Crippen molar-refractivity contribution < 1.29 is 28.6 Å². The summed E-state index contributed by atoms with van der Waals surface area (Å²) in [5, 5.41) is 2.86. The smallest absolute Gasteiger partial charge is 0.411 e. The van der Waals surface area contributed by atoms with Crippen molar-refractivity contribution in [3.05, 3.63) is 0 Å². The Morgan fingerprint density at radius 3 is 2.60 bits per heavy atom. The highest BCUT2D eigenvalue weighted by molar-refractivity contribution is 5.93. The fourth-order valence-corrected chi connectivity index (χ4v) is 3.75. The van der Waals surface area contributed by atoms with Gasteiger partial charge < -0.3 is 19.5 Å². The number of β-lactam (4-membered cyclic amide) rings is 1. The molecular formula is C17H26N2O6. The van der Waals surface area contributed by atoms with Crippen LogP contribution in [0.1, 0.15) is 47.5 Å². The SMILES string of the molecule is CC(C)(C)OC(=O)N1C[C@@H](CC2CC(=O)OC(C)(C)O2)[C@H]2NC(=O)[C@H]21. The molecule has 3 saturated heterocycles. The van der Waals surface area contributed by atoms with Gasteiger partial charge in [0.2, 0.25) is 11.7 Å². The molecule has 0 saturated carbocycles. The molecular weight excluding hydrogens is 328 g/mol. The molecule has 3 rings (SSSR count). The maximum absolute atomic E-state index is 12.4. The van der Waals surface area contributed by atoms with Crippen molar-refractivity contribution in [2.75, 3.05) is 6.54 Å². The number of cyclic esters (lactones) is 1. The van der Waals surface area contributed by atoms with Gasteiger partial charge in [0, 0.05) is 26.3 Å². The second-order valence-electron chi connectivity index (χ2n) is 8.43. The number of likely N-dealkylation sites (tertiary alicyclic amines) is 1. The van der Waals surface area contributed by atoms with E-state index in [2.05, 4.69) is 5.32 Å². The van der Waals surface area contributed by atoms with E-state index in [4.69, 9.17) is 14.2 Å². The predicted octanol–water partition coefficient (Wildman–Crippen LogP) is 1.18. The molecule has 3 aliphatic heterocycles. The highest BCUT2D eigenvalue weighted by atomic mass is 16.7. The van der Waals surface area contributed by atoms with Crippen LogP contribution in [0.15, 0.2) is 0 Å². The minimum atomic E-state index is -0.953. The molecule has 8 nitrogen and oxygen atoms in total. The van der Waals surface area contributed by atoms with Gasteiger partial charge in [-0.05, 0) is 27.2 Å². The average Bonchev–Trinajstić information content (AvgIpc) is 2.67. The third kappa shape index (κ3) is 3.73. The molecule has 0 spiro atoms. The lowest BCUT2D eigenvalue weighted by Crippen LogP contribution is -2.66. The van der Waals surface area contributed by atoms with Crippen LogP contribution >= 0.6 is 0 Å². The Morgan fingerprint density at radius 1 is 1.36 bits per heavy atom. The number of hydrogen-bond acceptors (Lipinski definition) is 6. The van der Waals surface area contributed by atoms with Crippen LogP contribution in [-0.4, -0.2) is 59.0 Å². The van der Waals surface area contributed by atoms with E-state index in [0.717, 1.165) is 0 Å². The van der Waals surface area contributed by atoms with Gasteiger partial charge in [-0.15, -0.1) is 0 Å². The van der Waals surface area contributed by atoms with E-state index in [9.17, 15) is 14.4 Å². The fraction of sp³-hybridized carbons (Fsp3) is 0.824. The van der Waals surface area contributed by atoms with Gasteiger partial charge in [0.25, 0.3) is 0 Å². The summed E-state index contributed by atoms with van der Waals surface area (Å²) in [6.07, 6.45) is -0.0288. The minimum absolute atomic E-state index is 0.0157. The normalized spacial score (nSPS) is 33.9. The number of carbonyl (C=O) groups excluding carboxylic acids is 3. The maximum Gasteiger partial charge on any atom is 0.411 e. The van der Waals surface area contributed by atoms with Crippen LogP contribution in [-0.2, 0) is 23.8 Å². The summed E-state index contributed by atoms with van der Waals surface area (Å²) in [7, 11) is 0. The average molecular weight is 354 g/mol. The van der Waals surface area contributed by atoms with E-state index >= 15 is 0 Å². The fourth-order valence-electron chi connectivity index (χ4n) is 3.75. The number of nitrogens with zero attached hydrogens (tertiary/aromatic N) is 1. The number of carbonyl (C=O) groups is 3. The molecule has 0 aromatic carbocycles. The predicted molar refractivity (Wildman–Crippen MR) is 86.4 cm³/mol. The molecule has 3 aliphatic rings. The van der Waals surface area contributed by atoms with Gasteiger partial charge in [-0.25, -0.2) is 4.79 Å². The Kier molecular flexibility index (Phi) is 4.21. The first-order chi connectivity index (χ1) is 11.5. The summed E-state index contributed by atoms with van der Waals surface area (Å²) in [5.74, 6) is -1.40. The molecule has 8 heteroatoms. The van der Waals surface area contributed by atoms with Crippen molar-refractivity contribution in [3.63, 3.8) is 0 Å². The Hall–Kier alpha value is -1.83. The van der Waals surface area contributed by atoms with Crippen molar-refractivity contribution in [1.29, 1.82) is 0 Å². The van der Waals surface area contributed by atoms with Gasteiger partial charge in [0.1, 0.15) is 11.6 Å². The summed E-state index contributed by atoms with van der Waals surface area (Å²) in [5.41, 5.74) is -0.620. The standard InChI is InChI=1S/C17H26N2O6/c1-16(2,3)25-15(22)19-8-9(12-13(19)14(21)18-12)6-10-7-11(20)24-17(4,5)23-10/h9-10,12-13H,6-8H2,1-5H3,(H,18,21)/t9-,10?,12-,13+/m1/s1. The van der Waals surface area contributed by atoms with Crippen molar-refractivity contribution >= 4 is 18.0 Å². The minimum Gasteiger partial charge on any atom is -0.444 e. The highest BCUT2D eigenvalue weighted by Gasteiger charge is 2.56. The second kappa shape index (κ2) is 5.86.